The van der Waals surface area contributed by atoms with Crippen LogP contribution in [0.3, 0.4) is 0 Å². The Morgan fingerprint density at radius 2 is 2.12 bits per heavy atom. The molecule has 0 radical (unpaired) electrons. The molecule has 6 heteroatoms. The first kappa shape index (κ1) is 14.3. The number of para-hydroxylation sites is 1. The number of aliphatic imine (C=N–C) groups is 1. The Morgan fingerprint density at radius 1 is 1.41 bits per heavy atom. The van der Waals surface area contributed by atoms with Crippen molar-refractivity contribution in [3.63, 3.8) is 0 Å². The van der Waals surface area contributed by atoms with Crippen molar-refractivity contribution in [3.8, 4) is 0 Å². The lowest BCUT2D eigenvalue weighted by Gasteiger charge is -2.15. The standard InChI is InChI=1S/C11H18N3OPS/c1-3-9-17-16(15,12-2)14-10-13-11-7-5-4-6-8-11/h4-8,10H,3,9H2,1-2H3,(H2,12,13,14,15). The average molecular weight is 271 g/mol. The predicted molar refractivity (Wildman–Crippen MR) is 77.1 cm³/mol. The fraction of sp³-hybridized carbons (Fsp3) is 0.364. The van der Waals surface area contributed by atoms with Crippen LogP contribution in [0.2, 0.25) is 0 Å². The number of benzene rings is 1. The minimum atomic E-state index is -2.59. The topological polar surface area (TPSA) is 53.5 Å². The number of nitrogens with one attached hydrogen (secondary N) is 2. The van der Waals surface area contributed by atoms with Crippen molar-refractivity contribution in [2.75, 3.05) is 12.8 Å². The molecule has 1 rings (SSSR count). The van der Waals surface area contributed by atoms with Gasteiger partial charge in [-0.25, -0.2) is 10.1 Å². The second-order valence-electron chi connectivity index (χ2n) is 3.33. The second-order valence-corrected chi connectivity index (χ2v) is 8.12. The fourth-order valence-electron chi connectivity index (χ4n) is 1.08. The van der Waals surface area contributed by atoms with Gasteiger partial charge in [-0.1, -0.05) is 36.5 Å². The van der Waals surface area contributed by atoms with Gasteiger partial charge in [-0.15, -0.1) is 0 Å². The van der Waals surface area contributed by atoms with Crippen LogP contribution in [0.1, 0.15) is 13.3 Å². The van der Waals surface area contributed by atoms with Gasteiger partial charge in [0.2, 0.25) is 0 Å². The fourth-order valence-corrected chi connectivity index (χ4v) is 4.13. The molecule has 2 N–H and O–H groups in total. The van der Waals surface area contributed by atoms with Crippen LogP contribution in [0.4, 0.5) is 5.69 Å². The van der Waals surface area contributed by atoms with E-state index in [2.05, 4.69) is 22.1 Å². The molecule has 1 unspecified atom stereocenters. The monoisotopic (exact) mass is 271 g/mol. The number of nitrogens with zero attached hydrogens (tertiary/aromatic N) is 1. The summed E-state index contributed by atoms with van der Waals surface area (Å²) in [6.07, 6.45) is 2.49. The first-order chi connectivity index (χ1) is 8.20. The maximum Gasteiger partial charge on any atom is 0.290 e. The summed E-state index contributed by atoms with van der Waals surface area (Å²) < 4.78 is 12.2. The Balaban J connectivity index is 2.53. The minimum absolute atomic E-state index is 0.836. The average Bonchev–Trinajstić information content (AvgIpc) is 2.38. The van der Waals surface area contributed by atoms with E-state index in [9.17, 15) is 4.57 Å². The molecule has 17 heavy (non-hydrogen) atoms. The van der Waals surface area contributed by atoms with Gasteiger partial charge in [0.15, 0.2) is 0 Å². The zero-order valence-electron chi connectivity index (χ0n) is 10.1. The summed E-state index contributed by atoms with van der Waals surface area (Å²) in [5, 5.41) is 5.66. The highest BCUT2D eigenvalue weighted by Crippen LogP contribution is 2.49. The van der Waals surface area contributed by atoms with E-state index >= 15 is 0 Å². The van der Waals surface area contributed by atoms with Crippen molar-refractivity contribution in [2.24, 2.45) is 4.99 Å². The van der Waals surface area contributed by atoms with E-state index in [1.165, 1.54) is 17.7 Å². The second kappa shape index (κ2) is 7.54. The molecule has 0 bridgehead atoms. The molecule has 0 heterocycles. The summed E-state index contributed by atoms with van der Waals surface area (Å²) in [5.74, 6) is 0.851. The molecule has 1 aromatic carbocycles. The lowest BCUT2D eigenvalue weighted by Crippen LogP contribution is -2.15. The third-order valence-corrected chi connectivity index (χ3v) is 6.47. The van der Waals surface area contributed by atoms with Crippen LogP contribution < -0.4 is 10.2 Å². The quantitative estimate of drug-likeness (QED) is 0.453. The van der Waals surface area contributed by atoms with Gasteiger partial charge in [-0.3, -0.25) is 4.57 Å². The van der Waals surface area contributed by atoms with E-state index in [0.29, 0.717) is 0 Å². The highest BCUT2D eigenvalue weighted by molar-refractivity contribution is 8.57. The van der Waals surface area contributed by atoms with Crippen molar-refractivity contribution in [3.05, 3.63) is 30.3 Å². The molecular weight excluding hydrogens is 253 g/mol. The molecule has 94 valence electrons. The zero-order chi connectivity index (χ0) is 12.6. The molecule has 0 saturated heterocycles. The van der Waals surface area contributed by atoms with E-state index in [1.807, 2.05) is 30.3 Å². The molecule has 0 saturated carbocycles. The SMILES string of the molecule is CCCSP(=O)(NC)NC=Nc1ccccc1. The van der Waals surface area contributed by atoms with E-state index in [0.717, 1.165) is 17.9 Å². The smallest absolute Gasteiger partial charge is 0.290 e. The van der Waals surface area contributed by atoms with Crippen LogP contribution in [-0.4, -0.2) is 19.1 Å². The van der Waals surface area contributed by atoms with Gasteiger partial charge >= 0.3 is 0 Å². The van der Waals surface area contributed by atoms with Crippen LogP contribution in [-0.2, 0) is 4.57 Å². The normalized spacial score (nSPS) is 14.7. The van der Waals surface area contributed by atoms with Crippen molar-refractivity contribution in [1.82, 2.24) is 10.2 Å². The Morgan fingerprint density at radius 3 is 2.71 bits per heavy atom. The lowest BCUT2D eigenvalue weighted by atomic mass is 10.3. The van der Waals surface area contributed by atoms with Crippen molar-refractivity contribution in [1.29, 1.82) is 0 Å². The summed E-state index contributed by atoms with van der Waals surface area (Å²) >= 11 is 1.40. The maximum atomic E-state index is 12.2. The van der Waals surface area contributed by atoms with Gasteiger partial charge in [0.25, 0.3) is 6.65 Å². The summed E-state index contributed by atoms with van der Waals surface area (Å²) in [4.78, 5) is 4.19. The zero-order valence-corrected chi connectivity index (χ0v) is 11.8. The Kier molecular flexibility index (Phi) is 6.34. The third kappa shape index (κ3) is 5.39. The molecule has 1 aromatic rings. The molecule has 0 aliphatic heterocycles. The van der Waals surface area contributed by atoms with Crippen LogP contribution in [0.15, 0.2) is 35.3 Å². The van der Waals surface area contributed by atoms with Crippen LogP contribution in [0.5, 0.6) is 0 Å². The minimum Gasteiger partial charge on any atom is -0.307 e. The summed E-state index contributed by atoms with van der Waals surface area (Å²) in [5.41, 5.74) is 0.836. The molecule has 0 aliphatic carbocycles. The highest BCUT2D eigenvalue weighted by Gasteiger charge is 2.17. The van der Waals surface area contributed by atoms with Gasteiger partial charge in [0.05, 0.1) is 12.0 Å². The van der Waals surface area contributed by atoms with Crippen molar-refractivity contribution < 1.29 is 4.57 Å². The van der Waals surface area contributed by atoms with Crippen molar-refractivity contribution >= 4 is 30.1 Å². The van der Waals surface area contributed by atoms with Crippen LogP contribution in [0, 0.1) is 0 Å². The predicted octanol–water partition coefficient (Wildman–Crippen LogP) is 3.41. The first-order valence-corrected chi connectivity index (χ1v) is 8.79. The number of hydrogen-bond donors (Lipinski definition) is 2. The Bertz CT molecular complexity index is 397. The molecule has 1 atom stereocenters. The van der Waals surface area contributed by atoms with E-state index < -0.39 is 6.65 Å². The number of rotatable bonds is 7. The van der Waals surface area contributed by atoms with Gasteiger partial charge in [-0.05, 0) is 25.6 Å². The van der Waals surface area contributed by atoms with Crippen LogP contribution in [0.25, 0.3) is 0 Å². The van der Waals surface area contributed by atoms with E-state index in [-0.39, 0.29) is 0 Å². The molecule has 0 spiro atoms. The molecule has 0 aromatic heterocycles. The Labute approximate surface area is 107 Å². The van der Waals surface area contributed by atoms with Gasteiger partial charge in [0.1, 0.15) is 0 Å². The van der Waals surface area contributed by atoms with Crippen LogP contribution >= 0.6 is 18.0 Å². The Hall–Kier alpha value is -0.770. The molecule has 4 nitrogen and oxygen atoms in total. The number of hydrogen-bond acceptors (Lipinski definition) is 3. The van der Waals surface area contributed by atoms with Gasteiger partial charge in [0, 0.05) is 5.75 Å². The molecule has 0 amide bonds. The van der Waals surface area contributed by atoms with E-state index in [4.69, 9.17) is 0 Å². The molecule has 0 aliphatic rings. The summed E-state index contributed by atoms with van der Waals surface area (Å²) in [6, 6.07) is 9.54. The molecule has 0 fully saturated rings. The summed E-state index contributed by atoms with van der Waals surface area (Å²) in [7, 11) is 1.69. The third-order valence-electron chi connectivity index (χ3n) is 1.97. The van der Waals surface area contributed by atoms with Gasteiger partial charge < -0.3 is 5.09 Å². The molecular formula is C11H18N3OPS. The van der Waals surface area contributed by atoms with Gasteiger partial charge in [-0.2, -0.15) is 0 Å². The van der Waals surface area contributed by atoms with Crippen molar-refractivity contribution in [2.45, 2.75) is 13.3 Å². The largest absolute Gasteiger partial charge is 0.307 e. The maximum absolute atomic E-state index is 12.2. The summed E-state index contributed by atoms with van der Waals surface area (Å²) in [6.45, 7) is -0.526. The van der Waals surface area contributed by atoms with E-state index in [1.54, 1.807) is 7.05 Å². The lowest BCUT2D eigenvalue weighted by molar-refractivity contribution is 0.577. The first-order valence-electron chi connectivity index (χ1n) is 5.49. The highest BCUT2D eigenvalue weighted by atomic mass is 32.7.